The average Bonchev–Trinajstić information content (AvgIpc) is 3.46. The number of aryl methyl sites for hydroxylation is 2. The van der Waals surface area contributed by atoms with Gasteiger partial charge in [0, 0.05) is 23.5 Å². The van der Waals surface area contributed by atoms with Gasteiger partial charge in [0.05, 0.1) is 25.3 Å². The number of aromatic amines is 2. The monoisotopic (exact) mass is 575 g/mol. The van der Waals surface area contributed by atoms with Crippen LogP contribution in [0.5, 0.6) is 0 Å². The number of hydrogen-bond donors (Lipinski definition) is 3. The van der Waals surface area contributed by atoms with Gasteiger partial charge in [0.2, 0.25) is 0 Å². The van der Waals surface area contributed by atoms with Crippen LogP contribution in [-0.4, -0.2) is 61.2 Å². The van der Waals surface area contributed by atoms with E-state index in [1.807, 2.05) is 0 Å². The molecule has 0 bridgehead atoms. The lowest BCUT2D eigenvalue weighted by molar-refractivity contribution is -0.204. The highest BCUT2D eigenvalue weighted by molar-refractivity contribution is 7.62. The van der Waals surface area contributed by atoms with E-state index in [9.17, 15) is 33.2 Å². The molecule has 0 spiro atoms. The van der Waals surface area contributed by atoms with E-state index in [1.54, 1.807) is 27.2 Å². The fraction of sp³-hybridized carbons (Fsp3) is 0.636. The van der Waals surface area contributed by atoms with E-state index in [-0.39, 0.29) is 30.5 Å². The fourth-order valence-corrected chi connectivity index (χ4v) is 6.32. The Labute approximate surface area is 217 Å². The van der Waals surface area contributed by atoms with Crippen molar-refractivity contribution in [3.63, 3.8) is 0 Å². The van der Waals surface area contributed by atoms with E-state index in [1.165, 1.54) is 21.5 Å². The summed E-state index contributed by atoms with van der Waals surface area (Å²) in [4.78, 5) is 69.9. The lowest BCUT2D eigenvalue weighted by Gasteiger charge is -2.23. The predicted molar refractivity (Wildman–Crippen MR) is 137 cm³/mol. The largest absolute Gasteiger partial charge is 0.777 e. The lowest BCUT2D eigenvalue weighted by Crippen LogP contribution is -2.34. The van der Waals surface area contributed by atoms with Crippen molar-refractivity contribution in [1.29, 1.82) is 0 Å². The van der Waals surface area contributed by atoms with Crippen molar-refractivity contribution >= 4 is 14.7 Å². The van der Waals surface area contributed by atoms with Crippen LogP contribution in [0, 0.1) is 13.8 Å². The summed E-state index contributed by atoms with van der Waals surface area (Å²) in [5.74, 6) is -1.42. The standard InChI is InChI=1S/C12H19N2O4P.C10H15N2O6P/c1-8-6-14(12(16)13-11(8)15)7-9-4-5-10(18-9)19(2,3)17;1-6-4-12(10(14)11-9(6)13)5-7-2-3-8(18-7)19(15,16)17/h6,9-10H,4-5,7H2,1-3H3,(H,13,15,16);4,7-8H,2-3,5H2,1H3,(H,11,13,14)(H2,15,16,17)/p-1. The molecule has 2 fully saturated rings. The van der Waals surface area contributed by atoms with E-state index < -0.39 is 43.6 Å². The van der Waals surface area contributed by atoms with Crippen LogP contribution in [0.1, 0.15) is 36.8 Å². The number of aromatic nitrogens is 4. The normalized spacial score (nSPS) is 25.0. The van der Waals surface area contributed by atoms with Gasteiger partial charge in [-0.3, -0.25) is 28.7 Å². The smallest absolute Gasteiger partial charge is 0.328 e. The Kier molecular flexibility index (Phi) is 9.39. The van der Waals surface area contributed by atoms with Crippen molar-refractivity contribution in [1.82, 2.24) is 19.1 Å². The number of hydrogen-bond acceptors (Lipinski definition) is 9. The molecule has 4 rings (SSSR count). The summed E-state index contributed by atoms with van der Waals surface area (Å²) in [6.45, 7) is 7.17. The SMILES string of the molecule is Cc1cn(CC2CCC(P(=O)([O-])O)O2)c(=O)[nH]c1=O.Cc1cn(CC2CCC(P(C)(C)=O)O2)c(=O)[nH]c1=O. The Bertz CT molecular complexity index is 1370. The molecule has 0 aliphatic carbocycles. The first-order valence-corrected chi connectivity index (χ1v) is 16.4. The van der Waals surface area contributed by atoms with Gasteiger partial charge in [0.25, 0.3) is 11.1 Å². The zero-order valence-corrected chi connectivity index (χ0v) is 23.4. The molecule has 212 valence electrons. The van der Waals surface area contributed by atoms with Gasteiger partial charge in [-0.2, -0.15) is 0 Å². The molecule has 3 N–H and O–H groups in total. The molecule has 2 aliphatic heterocycles. The van der Waals surface area contributed by atoms with E-state index in [0.29, 0.717) is 24.1 Å². The van der Waals surface area contributed by atoms with Crippen molar-refractivity contribution in [3.05, 3.63) is 65.2 Å². The summed E-state index contributed by atoms with van der Waals surface area (Å²) in [6.07, 6.45) is 4.47. The Morgan fingerprint density at radius 1 is 0.842 bits per heavy atom. The first-order chi connectivity index (χ1) is 17.5. The van der Waals surface area contributed by atoms with Crippen molar-refractivity contribution in [2.75, 3.05) is 13.3 Å². The minimum atomic E-state index is -4.50. The number of nitrogens with zero attached hydrogens (tertiary/aromatic N) is 2. The van der Waals surface area contributed by atoms with Gasteiger partial charge in [-0.1, -0.05) is 0 Å². The molecule has 38 heavy (non-hydrogen) atoms. The molecule has 2 saturated heterocycles. The summed E-state index contributed by atoms with van der Waals surface area (Å²) in [7, 11) is -6.75. The molecule has 14 nitrogen and oxygen atoms in total. The summed E-state index contributed by atoms with van der Waals surface area (Å²) < 4.78 is 36.5. The molecular weight excluding hydrogens is 542 g/mol. The van der Waals surface area contributed by atoms with Crippen LogP contribution in [0.25, 0.3) is 0 Å². The summed E-state index contributed by atoms with van der Waals surface area (Å²) in [6, 6.07) is 0. The lowest BCUT2D eigenvalue weighted by atomic mass is 10.2. The van der Waals surface area contributed by atoms with Gasteiger partial charge in [0.15, 0.2) is 7.60 Å². The fourth-order valence-electron chi connectivity index (χ4n) is 4.29. The maximum absolute atomic E-state index is 11.9. The van der Waals surface area contributed by atoms with Crippen LogP contribution >= 0.6 is 14.7 Å². The van der Waals surface area contributed by atoms with E-state index >= 15 is 0 Å². The zero-order chi connectivity index (χ0) is 28.4. The number of nitrogens with one attached hydrogen (secondary N) is 2. The van der Waals surface area contributed by atoms with Gasteiger partial charge in [-0.25, -0.2) is 9.59 Å². The molecule has 0 amide bonds. The molecule has 16 heteroatoms. The molecule has 5 unspecified atom stereocenters. The molecular formula is C22H33N4O10P2-. The summed E-state index contributed by atoms with van der Waals surface area (Å²) in [5, 5.41) is 0. The Morgan fingerprint density at radius 3 is 1.58 bits per heavy atom. The van der Waals surface area contributed by atoms with Crippen LogP contribution in [0.3, 0.4) is 0 Å². The first-order valence-electron chi connectivity index (χ1n) is 12.0. The van der Waals surface area contributed by atoms with E-state index in [4.69, 9.17) is 14.4 Å². The Balaban J connectivity index is 0.000000211. The van der Waals surface area contributed by atoms with Gasteiger partial charge >= 0.3 is 11.4 Å². The third-order valence-electron chi connectivity index (χ3n) is 6.41. The van der Waals surface area contributed by atoms with Crippen LogP contribution < -0.4 is 27.4 Å². The van der Waals surface area contributed by atoms with Crippen molar-refractivity contribution in [2.24, 2.45) is 0 Å². The molecule has 5 atom stereocenters. The quantitative estimate of drug-likeness (QED) is 0.389. The number of rotatable bonds is 6. The Hall–Kier alpha value is -2.34. The average molecular weight is 575 g/mol. The summed E-state index contributed by atoms with van der Waals surface area (Å²) in [5.41, 5.74) is -0.948. The second kappa shape index (κ2) is 11.8. The molecule has 0 saturated carbocycles. The molecule has 2 aromatic rings. The molecule has 2 aromatic heterocycles. The zero-order valence-electron chi connectivity index (χ0n) is 21.6. The highest BCUT2D eigenvalue weighted by Crippen LogP contribution is 2.49. The molecule has 0 radical (unpaired) electrons. The third kappa shape index (κ3) is 7.84. The van der Waals surface area contributed by atoms with Crippen LogP contribution in [0.15, 0.2) is 31.6 Å². The predicted octanol–water partition coefficient (Wildman–Crippen LogP) is -0.131. The number of H-pyrrole nitrogens is 2. The minimum Gasteiger partial charge on any atom is -0.777 e. The van der Waals surface area contributed by atoms with Crippen molar-refractivity contribution in [2.45, 2.75) is 76.5 Å². The topological polar surface area (TPSA) is 206 Å². The maximum Gasteiger partial charge on any atom is 0.328 e. The van der Waals surface area contributed by atoms with Crippen LogP contribution in [0.4, 0.5) is 0 Å². The molecule has 4 heterocycles. The van der Waals surface area contributed by atoms with Gasteiger partial charge in [-0.05, 0) is 52.9 Å². The number of ether oxygens (including phenoxy) is 2. The highest BCUT2D eigenvalue weighted by Gasteiger charge is 2.34. The second-order valence-corrected chi connectivity index (χ2v) is 15.2. The van der Waals surface area contributed by atoms with Gasteiger partial charge in [-0.15, -0.1) is 0 Å². The molecule has 2 aliphatic rings. The van der Waals surface area contributed by atoms with Crippen molar-refractivity contribution < 1.29 is 28.4 Å². The minimum absolute atomic E-state index is 0.124. The van der Waals surface area contributed by atoms with Crippen LogP contribution in [0.2, 0.25) is 0 Å². The highest BCUT2D eigenvalue weighted by atomic mass is 31.2. The van der Waals surface area contributed by atoms with E-state index in [0.717, 1.165) is 12.8 Å². The van der Waals surface area contributed by atoms with Crippen LogP contribution in [-0.2, 0) is 31.7 Å². The summed E-state index contributed by atoms with van der Waals surface area (Å²) >= 11 is 0. The maximum atomic E-state index is 11.9. The van der Waals surface area contributed by atoms with Crippen molar-refractivity contribution in [3.8, 4) is 0 Å². The second-order valence-electron chi connectivity index (χ2n) is 10.0. The van der Waals surface area contributed by atoms with Gasteiger partial charge < -0.3 is 28.4 Å². The Morgan fingerprint density at radius 2 is 1.24 bits per heavy atom. The first kappa shape index (κ1) is 30.2. The van der Waals surface area contributed by atoms with Gasteiger partial charge in [0.1, 0.15) is 18.8 Å². The molecule has 0 aromatic carbocycles. The van der Waals surface area contributed by atoms with E-state index in [2.05, 4.69) is 9.97 Å². The third-order valence-corrected chi connectivity index (χ3v) is 9.28.